The number of carbonyl (C=O) groups is 1. The van der Waals surface area contributed by atoms with E-state index in [4.69, 9.17) is 9.90 Å². The van der Waals surface area contributed by atoms with Crippen LogP contribution in [0.5, 0.6) is 0 Å². The molecule has 4 heterocycles. The molecule has 0 bridgehead atoms. The maximum Gasteiger partial charge on any atom is 0.490 e. The number of halogens is 3. The van der Waals surface area contributed by atoms with Gasteiger partial charge in [-0.2, -0.15) is 13.2 Å². The minimum absolute atomic E-state index is 0.233. The van der Waals surface area contributed by atoms with Crippen molar-refractivity contribution in [2.24, 2.45) is 0 Å². The molecule has 1 aliphatic heterocycles. The second-order valence-corrected chi connectivity index (χ2v) is 6.95. The van der Waals surface area contributed by atoms with Gasteiger partial charge in [0.2, 0.25) is 5.56 Å². The van der Waals surface area contributed by atoms with Crippen molar-refractivity contribution in [2.75, 3.05) is 31.1 Å². The third-order valence-electron chi connectivity index (χ3n) is 4.79. The highest BCUT2D eigenvalue weighted by molar-refractivity contribution is 5.85. The van der Waals surface area contributed by atoms with Crippen molar-refractivity contribution in [3.8, 4) is 17.5 Å². The molecule has 1 aliphatic rings. The van der Waals surface area contributed by atoms with E-state index >= 15 is 0 Å². The van der Waals surface area contributed by atoms with Gasteiger partial charge in [-0.3, -0.25) is 9.36 Å². The molecular weight excluding hydrogens is 459 g/mol. The highest BCUT2D eigenvalue weighted by Crippen LogP contribution is 2.24. The van der Waals surface area contributed by atoms with Crippen LogP contribution in [0.1, 0.15) is 6.92 Å². The number of anilines is 1. The lowest BCUT2D eigenvalue weighted by atomic mass is 10.3. The summed E-state index contributed by atoms with van der Waals surface area (Å²) >= 11 is 0. The zero-order chi connectivity index (χ0) is 24.9. The first-order valence-corrected chi connectivity index (χ1v) is 9.96. The number of fused-ring (bicyclic) bond motifs is 1. The van der Waals surface area contributed by atoms with Crippen molar-refractivity contribution in [3.05, 3.63) is 45.5 Å². The van der Waals surface area contributed by atoms with E-state index in [0.29, 0.717) is 16.9 Å². The number of aromatic nitrogens is 5. The zero-order valence-corrected chi connectivity index (χ0v) is 17.9. The van der Waals surface area contributed by atoms with Gasteiger partial charge in [0, 0.05) is 38.4 Å². The lowest BCUT2D eigenvalue weighted by Crippen LogP contribution is -2.44. The average molecular weight is 479 g/mol. The fourth-order valence-electron chi connectivity index (χ4n) is 3.26. The summed E-state index contributed by atoms with van der Waals surface area (Å²) < 4.78 is 34.8. The van der Waals surface area contributed by atoms with Crippen LogP contribution in [-0.4, -0.2) is 67.5 Å². The molecular formula is C20H20F3N7O4. The van der Waals surface area contributed by atoms with Crippen LogP contribution < -0.4 is 21.5 Å². The quantitative estimate of drug-likeness (QED) is 0.457. The van der Waals surface area contributed by atoms with Gasteiger partial charge in [-0.1, -0.05) is 5.92 Å². The summed E-state index contributed by atoms with van der Waals surface area (Å²) in [5, 5.41) is 10.4. The van der Waals surface area contributed by atoms with Gasteiger partial charge in [-0.05, 0) is 13.0 Å². The van der Waals surface area contributed by atoms with Gasteiger partial charge >= 0.3 is 17.8 Å². The molecule has 3 N–H and O–H groups in total. The molecule has 1 saturated heterocycles. The van der Waals surface area contributed by atoms with E-state index < -0.39 is 12.1 Å². The highest BCUT2D eigenvalue weighted by atomic mass is 19.4. The molecule has 0 atom stereocenters. The minimum Gasteiger partial charge on any atom is -0.475 e. The van der Waals surface area contributed by atoms with E-state index in [-0.39, 0.29) is 17.8 Å². The van der Waals surface area contributed by atoms with Gasteiger partial charge in [0.05, 0.1) is 12.2 Å². The lowest BCUT2D eigenvalue weighted by Gasteiger charge is -2.28. The van der Waals surface area contributed by atoms with Crippen molar-refractivity contribution in [1.29, 1.82) is 0 Å². The third kappa shape index (κ3) is 5.26. The van der Waals surface area contributed by atoms with Crippen molar-refractivity contribution < 1.29 is 23.1 Å². The summed E-state index contributed by atoms with van der Waals surface area (Å²) in [4.78, 5) is 47.1. The molecule has 14 heteroatoms. The molecule has 0 spiro atoms. The Hall–Kier alpha value is -4.12. The summed E-state index contributed by atoms with van der Waals surface area (Å²) in [5.41, 5.74) is 1.19. The summed E-state index contributed by atoms with van der Waals surface area (Å²) in [6, 6.07) is 2.98. The number of pyridine rings is 1. The average Bonchev–Trinajstić information content (AvgIpc) is 3.10. The minimum atomic E-state index is -5.08. The number of nitrogens with one attached hydrogen (secondary N) is 2. The fraction of sp³-hybridized carbons (Fsp3) is 0.350. The maximum absolute atomic E-state index is 13.2. The van der Waals surface area contributed by atoms with Crippen LogP contribution >= 0.6 is 0 Å². The lowest BCUT2D eigenvalue weighted by molar-refractivity contribution is -0.192. The van der Waals surface area contributed by atoms with Crippen molar-refractivity contribution >= 4 is 23.0 Å². The zero-order valence-electron chi connectivity index (χ0n) is 17.9. The Labute approximate surface area is 189 Å². The molecule has 0 unspecified atom stereocenters. The maximum atomic E-state index is 13.2. The van der Waals surface area contributed by atoms with Crippen LogP contribution in [0, 0.1) is 11.8 Å². The number of hydrogen-bond donors (Lipinski definition) is 3. The highest BCUT2D eigenvalue weighted by Gasteiger charge is 2.38. The molecule has 0 aromatic carbocycles. The van der Waals surface area contributed by atoms with Gasteiger partial charge in [0.15, 0.2) is 11.5 Å². The van der Waals surface area contributed by atoms with E-state index in [9.17, 15) is 22.8 Å². The molecule has 0 aliphatic carbocycles. The second-order valence-electron chi connectivity index (χ2n) is 6.95. The summed E-state index contributed by atoms with van der Waals surface area (Å²) in [6.45, 7) is 5.28. The van der Waals surface area contributed by atoms with Gasteiger partial charge in [-0.25, -0.2) is 24.1 Å². The third-order valence-corrected chi connectivity index (χ3v) is 4.79. The van der Waals surface area contributed by atoms with Gasteiger partial charge < -0.3 is 20.3 Å². The Morgan fingerprint density at radius 2 is 1.88 bits per heavy atom. The largest absolute Gasteiger partial charge is 0.490 e. The molecule has 0 saturated carbocycles. The molecule has 0 amide bonds. The standard InChI is InChI=1S/C18H19N7O2.C2HF3O2/c1-2-3-8-24-15-16(23-9-6-19-7-10-23)21-12-22-17(15)25(18(24)27)13-4-5-14(26)20-11-13;3-2(4,5)1(6)7/h4-5,11-12,19H,6-10H2,1H3,(H,20,26);(H,6,7). The Morgan fingerprint density at radius 1 is 1.21 bits per heavy atom. The van der Waals surface area contributed by atoms with E-state index in [1.54, 1.807) is 17.6 Å². The topological polar surface area (TPSA) is 138 Å². The van der Waals surface area contributed by atoms with Gasteiger partial charge in [0.1, 0.15) is 11.8 Å². The number of alkyl halides is 3. The molecule has 180 valence electrons. The van der Waals surface area contributed by atoms with E-state index in [1.807, 2.05) is 0 Å². The number of nitrogens with zero attached hydrogens (tertiary/aromatic N) is 5. The van der Waals surface area contributed by atoms with Crippen LogP contribution in [0.25, 0.3) is 16.9 Å². The fourth-order valence-corrected chi connectivity index (χ4v) is 3.26. The molecule has 4 rings (SSSR count). The number of aromatic amines is 1. The molecule has 11 nitrogen and oxygen atoms in total. The van der Waals surface area contributed by atoms with Crippen LogP contribution in [0.15, 0.2) is 34.2 Å². The Kier molecular flexibility index (Phi) is 7.37. The van der Waals surface area contributed by atoms with Crippen LogP contribution in [0.2, 0.25) is 0 Å². The van der Waals surface area contributed by atoms with Gasteiger partial charge in [0.25, 0.3) is 0 Å². The first-order chi connectivity index (χ1) is 16.1. The molecule has 3 aromatic rings. The van der Waals surface area contributed by atoms with Crippen LogP contribution in [0.3, 0.4) is 0 Å². The van der Waals surface area contributed by atoms with Crippen molar-refractivity contribution in [1.82, 2.24) is 29.4 Å². The predicted molar refractivity (Wildman–Crippen MR) is 116 cm³/mol. The molecule has 1 fully saturated rings. The molecule has 34 heavy (non-hydrogen) atoms. The monoisotopic (exact) mass is 479 g/mol. The van der Waals surface area contributed by atoms with Crippen LogP contribution in [-0.2, 0) is 11.3 Å². The predicted octanol–water partition coefficient (Wildman–Crippen LogP) is 0.337. The summed E-state index contributed by atoms with van der Waals surface area (Å²) in [6.07, 6.45) is -2.11. The molecule has 0 radical (unpaired) electrons. The smallest absolute Gasteiger partial charge is 0.475 e. The Bertz CT molecular complexity index is 1340. The Balaban J connectivity index is 0.000000406. The summed E-state index contributed by atoms with van der Waals surface area (Å²) in [5.74, 6) is 3.75. The number of piperazine rings is 1. The number of carboxylic acids is 1. The molecule has 3 aromatic heterocycles. The number of imidazole rings is 1. The second kappa shape index (κ2) is 10.2. The Morgan fingerprint density at radius 3 is 2.44 bits per heavy atom. The van der Waals surface area contributed by atoms with Crippen molar-refractivity contribution in [3.63, 3.8) is 0 Å². The number of aliphatic carboxylic acids is 1. The number of hydrogen-bond acceptors (Lipinski definition) is 7. The van der Waals surface area contributed by atoms with E-state index in [0.717, 1.165) is 32.0 Å². The van der Waals surface area contributed by atoms with Gasteiger partial charge in [-0.15, -0.1) is 5.92 Å². The van der Waals surface area contributed by atoms with E-state index in [1.165, 1.54) is 23.2 Å². The number of carboxylic acid groups (broad SMARTS) is 1. The van der Waals surface area contributed by atoms with E-state index in [2.05, 4.69) is 37.0 Å². The SMILES string of the molecule is CC#CCn1c(=O)n(-c2ccc(=O)[nH]c2)c2ncnc(N3CCNCC3)c21.O=C(O)C(F)(F)F. The summed E-state index contributed by atoms with van der Waals surface area (Å²) in [7, 11) is 0. The van der Waals surface area contributed by atoms with Crippen molar-refractivity contribution in [2.45, 2.75) is 19.6 Å². The number of rotatable bonds is 3. The first kappa shape index (κ1) is 24.5. The first-order valence-electron chi connectivity index (χ1n) is 9.96. The number of H-pyrrole nitrogens is 1. The van der Waals surface area contributed by atoms with Crippen LogP contribution in [0.4, 0.5) is 19.0 Å². The normalized spacial score (nSPS) is 13.6.